The van der Waals surface area contributed by atoms with E-state index in [2.05, 4.69) is 15.6 Å². The van der Waals surface area contributed by atoms with Crippen LogP contribution in [-0.4, -0.2) is 37.2 Å². The maximum absolute atomic E-state index is 12.3. The van der Waals surface area contributed by atoms with Crippen LogP contribution in [0.5, 0.6) is 0 Å². The van der Waals surface area contributed by atoms with Crippen LogP contribution in [0.1, 0.15) is 15.9 Å². The molecule has 0 aliphatic carbocycles. The number of aromatic nitrogens is 1. The van der Waals surface area contributed by atoms with Gasteiger partial charge in [0.2, 0.25) is 0 Å². The number of carbonyl (C=O) groups is 1. The number of ether oxygens (including phenoxy) is 1. The van der Waals surface area contributed by atoms with Gasteiger partial charge in [-0.1, -0.05) is 23.8 Å². The largest absolute Gasteiger partial charge is 0.397 e. The number of anilines is 2. The SMILES string of the molecule is C1COCCN1.Cc1ccc(C(=O)Nc2cc(-c3ccncc3)ccc2N)cc1. The van der Waals surface area contributed by atoms with Crippen molar-refractivity contribution in [3.8, 4) is 11.1 Å². The van der Waals surface area contributed by atoms with E-state index in [9.17, 15) is 4.79 Å². The lowest BCUT2D eigenvalue weighted by atomic mass is 10.1. The molecule has 0 unspecified atom stereocenters. The molecule has 2 heterocycles. The summed E-state index contributed by atoms with van der Waals surface area (Å²) < 4.78 is 5.01. The number of nitrogens with two attached hydrogens (primary N) is 1. The number of hydrogen-bond donors (Lipinski definition) is 3. The Kier molecular flexibility index (Phi) is 7.33. The van der Waals surface area contributed by atoms with E-state index in [4.69, 9.17) is 10.5 Å². The fourth-order valence-electron chi connectivity index (χ4n) is 2.80. The predicted molar refractivity (Wildman–Crippen MR) is 117 cm³/mol. The number of morpholine rings is 1. The predicted octanol–water partition coefficient (Wildman–Crippen LogP) is 3.50. The van der Waals surface area contributed by atoms with E-state index in [1.165, 1.54) is 0 Å². The van der Waals surface area contributed by atoms with E-state index in [1.54, 1.807) is 30.6 Å². The van der Waals surface area contributed by atoms with Gasteiger partial charge in [0.05, 0.1) is 24.6 Å². The molecule has 3 aromatic rings. The van der Waals surface area contributed by atoms with E-state index < -0.39 is 0 Å². The lowest BCUT2D eigenvalue weighted by Crippen LogP contribution is -2.30. The van der Waals surface area contributed by atoms with Crippen molar-refractivity contribution in [2.75, 3.05) is 37.4 Å². The minimum atomic E-state index is -0.177. The van der Waals surface area contributed by atoms with Gasteiger partial charge >= 0.3 is 0 Å². The third-order valence-corrected chi connectivity index (χ3v) is 4.48. The molecule has 4 N–H and O–H groups in total. The molecule has 0 spiro atoms. The first kappa shape index (κ1) is 20.5. The van der Waals surface area contributed by atoms with Gasteiger partial charge in [0.25, 0.3) is 5.91 Å². The monoisotopic (exact) mass is 390 g/mol. The molecule has 1 saturated heterocycles. The Morgan fingerprint density at radius 1 is 1.00 bits per heavy atom. The van der Waals surface area contributed by atoms with Crippen LogP contribution in [0.4, 0.5) is 11.4 Å². The Hall–Kier alpha value is -3.22. The molecular weight excluding hydrogens is 364 g/mol. The van der Waals surface area contributed by atoms with Gasteiger partial charge in [-0.05, 0) is 54.4 Å². The number of pyridine rings is 1. The number of hydrogen-bond acceptors (Lipinski definition) is 5. The average molecular weight is 390 g/mol. The molecule has 1 aromatic heterocycles. The third kappa shape index (κ3) is 6.14. The maximum atomic E-state index is 12.3. The summed E-state index contributed by atoms with van der Waals surface area (Å²) in [4.78, 5) is 16.4. The second kappa shape index (κ2) is 10.4. The second-order valence-electron chi connectivity index (χ2n) is 6.72. The van der Waals surface area contributed by atoms with Crippen LogP contribution in [0.2, 0.25) is 0 Å². The van der Waals surface area contributed by atoms with Crippen molar-refractivity contribution < 1.29 is 9.53 Å². The van der Waals surface area contributed by atoms with Gasteiger partial charge in [-0.2, -0.15) is 0 Å². The van der Waals surface area contributed by atoms with Crippen molar-refractivity contribution in [3.05, 3.63) is 78.1 Å². The number of nitrogen functional groups attached to an aromatic ring is 1. The van der Waals surface area contributed by atoms with Gasteiger partial charge in [0, 0.05) is 31.0 Å². The van der Waals surface area contributed by atoms with Crippen LogP contribution < -0.4 is 16.4 Å². The molecule has 1 aliphatic rings. The molecule has 0 saturated carbocycles. The molecule has 29 heavy (non-hydrogen) atoms. The molecule has 6 heteroatoms. The summed E-state index contributed by atoms with van der Waals surface area (Å²) in [7, 11) is 0. The quantitative estimate of drug-likeness (QED) is 0.596. The molecule has 1 fully saturated rings. The molecule has 0 radical (unpaired) electrons. The van der Waals surface area contributed by atoms with Crippen molar-refractivity contribution in [3.63, 3.8) is 0 Å². The van der Waals surface area contributed by atoms with Gasteiger partial charge in [-0.15, -0.1) is 0 Å². The zero-order valence-corrected chi connectivity index (χ0v) is 16.5. The number of rotatable bonds is 3. The van der Waals surface area contributed by atoms with Crippen LogP contribution in [0, 0.1) is 6.92 Å². The second-order valence-corrected chi connectivity index (χ2v) is 6.72. The minimum absolute atomic E-state index is 0.177. The van der Waals surface area contributed by atoms with Gasteiger partial charge in [-0.3, -0.25) is 9.78 Å². The third-order valence-electron chi connectivity index (χ3n) is 4.48. The number of carbonyl (C=O) groups excluding carboxylic acids is 1. The van der Waals surface area contributed by atoms with Crippen molar-refractivity contribution in [1.29, 1.82) is 0 Å². The van der Waals surface area contributed by atoms with E-state index >= 15 is 0 Å². The fraction of sp³-hybridized carbons (Fsp3) is 0.217. The number of amides is 1. The average Bonchev–Trinajstić information content (AvgIpc) is 2.78. The lowest BCUT2D eigenvalue weighted by Gasteiger charge is -2.11. The molecule has 4 rings (SSSR count). The summed E-state index contributed by atoms with van der Waals surface area (Å²) in [6.07, 6.45) is 3.46. The van der Waals surface area contributed by atoms with Crippen LogP contribution in [-0.2, 0) is 4.74 Å². The Morgan fingerprint density at radius 2 is 1.69 bits per heavy atom. The molecule has 0 bridgehead atoms. The molecular formula is C23H26N4O2. The van der Waals surface area contributed by atoms with Crippen LogP contribution in [0.15, 0.2) is 67.0 Å². The Bertz CT molecular complexity index is 912. The topological polar surface area (TPSA) is 89.3 Å². The lowest BCUT2D eigenvalue weighted by molar-refractivity contribution is 0.102. The van der Waals surface area contributed by atoms with Crippen LogP contribution >= 0.6 is 0 Å². The molecule has 1 aliphatic heterocycles. The molecule has 150 valence electrons. The van der Waals surface area contributed by atoms with Gasteiger partial charge in [0.15, 0.2) is 0 Å². The summed E-state index contributed by atoms with van der Waals surface area (Å²) in [5.41, 5.74) is 10.8. The number of nitrogens with zero attached hydrogens (tertiary/aromatic N) is 1. The molecule has 1 amide bonds. The zero-order chi connectivity index (χ0) is 20.5. The summed E-state index contributed by atoms with van der Waals surface area (Å²) in [5.74, 6) is -0.177. The number of aryl methyl sites for hydroxylation is 1. The highest BCUT2D eigenvalue weighted by Gasteiger charge is 2.09. The van der Waals surface area contributed by atoms with E-state index in [0.29, 0.717) is 16.9 Å². The van der Waals surface area contributed by atoms with E-state index in [-0.39, 0.29) is 5.91 Å². The normalized spacial score (nSPS) is 13.1. The van der Waals surface area contributed by atoms with Crippen LogP contribution in [0.25, 0.3) is 11.1 Å². The summed E-state index contributed by atoms with van der Waals surface area (Å²) in [6, 6.07) is 16.8. The van der Waals surface area contributed by atoms with E-state index in [0.717, 1.165) is 43.0 Å². The van der Waals surface area contributed by atoms with Gasteiger partial charge in [0.1, 0.15) is 0 Å². The van der Waals surface area contributed by atoms with Crippen molar-refractivity contribution in [1.82, 2.24) is 10.3 Å². The van der Waals surface area contributed by atoms with Gasteiger partial charge in [-0.25, -0.2) is 0 Å². The fourth-order valence-corrected chi connectivity index (χ4v) is 2.80. The summed E-state index contributed by atoms with van der Waals surface area (Å²) in [5, 5.41) is 6.04. The smallest absolute Gasteiger partial charge is 0.255 e. The first-order valence-electron chi connectivity index (χ1n) is 9.60. The number of benzene rings is 2. The van der Waals surface area contributed by atoms with Crippen molar-refractivity contribution in [2.45, 2.75) is 6.92 Å². The van der Waals surface area contributed by atoms with Crippen molar-refractivity contribution in [2.24, 2.45) is 0 Å². The first-order chi connectivity index (χ1) is 14.1. The highest BCUT2D eigenvalue weighted by molar-refractivity contribution is 6.06. The highest BCUT2D eigenvalue weighted by Crippen LogP contribution is 2.27. The summed E-state index contributed by atoms with van der Waals surface area (Å²) >= 11 is 0. The number of nitrogens with one attached hydrogen (secondary N) is 2. The standard InChI is InChI=1S/C19H17N3O.C4H9NO/c1-13-2-4-15(5-3-13)19(23)22-18-12-16(6-7-17(18)20)14-8-10-21-11-9-14;1-3-6-4-2-5-1/h2-12H,20H2,1H3,(H,22,23);5H,1-4H2. The highest BCUT2D eigenvalue weighted by atomic mass is 16.5. The van der Waals surface area contributed by atoms with E-state index in [1.807, 2.05) is 43.3 Å². The van der Waals surface area contributed by atoms with Crippen molar-refractivity contribution >= 4 is 17.3 Å². The summed E-state index contributed by atoms with van der Waals surface area (Å²) in [6.45, 7) is 5.82. The van der Waals surface area contributed by atoms with Crippen LogP contribution in [0.3, 0.4) is 0 Å². The Balaban J connectivity index is 0.000000343. The minimum Gasteiger partial charge on any atom is -0.397 e. The van der Waals surface area contributed by atoms with Gasteiger partial charge < -0.3 is 21.1 Å². The first-order valence-corrected chi connectivity index (χ1v) is 9.60. The zero-order valence-electron chi connectivity index (χ0n) is 16.5. The maximum Gasteiger partial charge on any atom is 0.255 e. The Labute approximate surface area is 171 Å². The molecule has 0 atom stereocenters. The molecule has 2 aromatic carbocycles. The Morgan fingerprint density at radius 3 is 2.28 bits per heavy atom. The molecule has 6 nitrogen and oxygen atoms in total.